The van der Waals surface area contributed by atoms with Crippen molar-refractivity contribution in [1.82, 2.24) is 20.2 Å². The van der Waals surface area contributed by atoms with Crippen LogP contribution in [0.15, 0.2) is 12.4 Å². The average Bonchev–Trinajstić information content (AvgIpc) is 2.87. The van der Waals surface area contributed by atoms with Crippen molar-refractivity contribution in [3.05, 3.63) is 34.5 Å². The number of aromatic amines is 1. The summed E-state index contributed by atoms with van der Waals surface area (Å²) in [5.74, 6) is 1.81. The molecule has 0 unspecified atom stereocenters. The van der Waals surface area contributed by atoms with Crippen molar-refractivity contribution in [1.29, 1.82) is 0 Å². The lowest BCUT2D eigenvalue weighted by Gasteiger charge is -2.09. The summed E-state index contributed by atoms with van der Waals surface area (Å²) in [6, 6.07) is 0. The summed E-state index contributed by atoms with van der Waals surface area (Å²) in [7, 11) is 0. The van der Waals surface area contributed by atoms with E-state index in [1.807, 2.05) is 20.0 Å². The second-order valence-electron chi connectivity index (χ2n) is 4.16. The first kappa shape index (κ1) is 12.8. The van der Waals surface area contributed by atoms with E-state index in [9.17, 15) is 0 Å². The first-order chi connectivity index (χ1) is 8.68. The van der Waals surface area contributed by atoms with Gasteiger partial charge in [-0.05, 0) is 31.4 Å². The van der Waals surface area contributed by atoms with Crippen LogP contribution in [0.3, 0.4) is 0 Å². The van der Waals surface area contributed by atoms with Crippen LogP contribution in [-0.2, 0) is 6.42 Å². The lowest BCUT2D eigenvalue weighted by atomic mass is 10.2. The molecule has 0 saturated heterocycles. The molecule has 0 aliphatic heterocycles. The highest BCUT2D eigenvalue weighted by molar-refractivity contribution is 6.30. The molecule has 0 atom stereocenters. The number of anilines is 1. The van der Waals surface area contributed by atoms with Gasteiger partial charge in [0, 0.05) is 25.4 Å². The number of halogens is 1. The van der Waals surface area contributed by atoms with Gasteiger partial charge in [-0.2, -0.15) is 0 Å². The normalized spacial score (nSPS) is 10.6. The number of imidazole rings is 1. The standard InChI is InChI=1S/C12H16ClN5/c1-8-9(2)12(18-17-11(8)13)16-5-3-4-10-14-6-7-15-10/h6-7H,3-5H2,1-2H3,(H,14,15)(H,16,18). The second kappa shape index (κ2) is 5.82. The Kier molecular flexibility index (Phi) is 4.15. The third-order valence-corrected chi connectivity index (χ3v) is 3.26. The van der Waals surface area contributed by atoms with Crippen LogP contribution in [-0.4, -0.2) is 26.7 Å². The molecule has 5 nitrogen and oxygen atoms in total. The smallest absolute Gasteiger partial charge is 0.155 e. The van der Waals surface area contributed by atoms with Gasteiger partial charge in [-0.3, -0.25) is 0 Å². The van der Waals surface area contributed by atoms with Gasteiger partial charge in [0.05, 0.1) is 0 Å². The van der Waals surface area contributed by atoms with E-state index in [1.165, 1.54) is 0 Å². The van der Waals surface area contributed by atoms with Crippen LogP contribution in [0.2, 0.25) is 5.15 Å². The Labute approximate surface area is 111 Å². The van der Waals surface area contributed by atoms with Crippen LogP contribution in [0.25, 0.3) is 0 Å². The summed E-state index contributed by atoms with van der Waals surface area (Å²) in [6.45, 7) is 4.77. The molecule has 0 amide bonds. The predicted octanol–water partition coefficient (Wildman–Crippen LogP) is 2.51. The molecule has 2 N–H and O–H groups in total. The highest BCUT2D eigenvalue weighted by Gasteiger charge is 2.07. The van der Waals surface area contributed by atoms with Gasteiger partial charge in [-0.15, -0.1) is 10.2 Å². The quantitative estimate of drug-likeness (QED) is 0.816. The van der Waals surface area contributed by atoms with Crippen LogP contribution in [0.4, 0.5) is 5.82 Å². The summed E-state index contributed by atoms with van der Waals surface area (Å²) in [5, 5.41) is 11.7. The number of aryl methyl sites for hydroxylation is 1. The summed E-state index contributed by atoms with van der Waals surface area (Å²) < 4.78 is 0. The second-order valence-corrected chi connectivity index (χ2v) is 4.51. The van der Waals surface area contributed by atoms with Gasteiger partial charge in [0.2, 0.25) is 0 Å². The fourth-order valence-corrected chi connectivity index (χ4v) is 1.82. The van der Waals surface area contributed by atoms with Crippen molar-refractivity contribution in [2.24, 2.45) is 0 Å². The van der Waals surface area contributed by atoms with E-state index in [-0.39, 0.29) is 0 Å². The van der Waals surface area contributed by atoms with Crippen molar-refractivity contribution < 1.29 is 0 Å². The SMILES string of the molecule is Cc1c(Cl)nnc(NCCCc2ncc[nH]2)c1C. The Morgan fingerprint density at radius 1 is 1.28 bits per heavy atom. The fourth-order valence-electron chi connectivity index (χ4n) is 1.64. The Morgan fingerprint density at radius 2 is 2.11 bits per heavy atom. The number of aromatic nitrogens is 4. The maximum Gasteiger partial charge on any atom is 0.155 e. The molecule has 0 bridgehead atoms. The Hall–Kier alpha value is -1.62. The van der Waals surface area contributed by atoms with Gasteiger partial charge in [0.15, 0.2) is 11.0 Å². The average molecular weight is 266 g/mol. The first-order valence-electron chi connectivity index (χ1n) is 5.90. The van der Waals surface area contributed by atoms with Crippen molar-refractivity contribution in [3.8, 4) is 0 Å². The maximum absolute atomic E-state index is 5.90. The molecule has 2 rings (SSSR count). The van der Waals surface area contributed by atoms with Gasteiger partial charge in [0.1, 0.15) is 5.82 Å². The van der Waals surface area contributed by atoms with Gasteiger partial charge >= 0.3 is 0 Å². The van der Waals surface area contributed by atoms with E-state index in [0.29, 0.717) is 5.15 Å². The fraction of sp³-hybridized carbons (Fsp3) is 0.417. The molecule has 0 spiro atoms. The van der Waals surface area contributed by atoms with E-state index in [1.54, 1.807) is 6.20 Å². The topological polar surface area (TPSA) is 66.5 Å². The summed E-state index contributed by atoms with van der Waals surface area (Å²) in [5.41, 5.74) is 2.02. The number of rotatable bonds is 5. The Balaban J connectivity index is 1.85. The molecule has 2 aromatic rings. The zero-order chi connectivity index (χ0) is 13.0. The molecule has 6 heteroatoms. The molecular weight excluding hydrogens is 250 g/mol. The van der Waals surface area contributed by atoms with E-state index < -0.39 is 0 Å². The molecule has 0 aliphatic carbocycles. The highest BCUT2D eigenvalue weighted by atomic mass is 35.5. The maximum atomic E-state index is 5.90. The predicted molar refractivity (Wildman–Crippen MR) is 71.9 cm³/mol. The molecule has 0 radical (unpaired) electrons. The lowest BCUT2D eigenvalue weighted by molar-refractivity contribution is 0.809. The molecule has 0 saturated carbocycles. The van der Waals surface area contributed by atoms with Crippen molar-refractivity contribution >= 4 is 17.4 Å². The molecule has 0 fully saturated rings. The van der Waals surface area contributed by atoms with Crippen LogP contribution < -0.4 is 5.32 Å². The van der Waals surface area contributed by atoms with Crippen LogP contribution in [0, 0.1) is 13.8 Å². The Bertz CT molecular complexity index is 509. The first-order valence-corrected chi connectivity index (χ1v) is 6.28. The van der Waals surface area contributed by atoms with Crippen LogP contribution in [0.1, 0.15) is 23.4 Å². The van der Waals surface area contributed by atoms with Crippen LogP contribution in [0.5, 0.6) is 0 Å². The molecule has 18 heavy (non-hydrogen) atoms. The number of hydrogen-bond donors (Lipinski definition) is 2. The zero-order valence-corrected chi connectivity index (χ0v) is 11.3. The summed E-state index contributed by atoms with van der Waals surface area (Å²) in [4.78, 5) is 7.25. The minimum Gasteiger partial charge on any atom is -0.368 e. The molecule has 0 aromatic carbocycles. The number of nitrogens with zero attached hydrogens (tertiary/aromatic N) is 3. The summed E-state index contributed by atoms with van der Waals surface area (Å²) in [6.07, 6.45) is 5.50. The lowest BCUT2D eigenvalue weighted by Crippen LogP contribution is -2.08. The van der Waals surface area contributed by atoms with Gasteiger partial charge in [-0.25, -0.2) is 4.98 Å². The van der Waals surface area contributed by atoms with Gasteiger partial charge in [0.25, 0.3) is 0 Å². The molecule has 2 aromatic heterocycles. The van der Waals surface area contributed by atoms with E-state index >= 15 is 0 Å². The third-order valence-electron chi connectivity index (χ3n) is 2.90. The van der Waals surface area contributed by atoms with Crippen molar-refractivity contribution in [3.63, 3.8) is 0 Å². The number of H-pyrrole nitrogens is 1. The zero-order valence-electron chi connectivity index (χ0n) is 10.5. The van der Waals surface area contributed by atoms with E-state index in [2.05, 4.69) is 25.5 Å². The van der Waals surface area contributed by atoms with E-state index in [4.69, 9.17) is 11.6 Å². The molecule has 2 heterocycles. The van der Waals surface area contributed by atoms with Crippen molar-refractivity contribution in [2.45, 2.75) is 26.7 Å². The molecule has 0 aliphatic rings. The number of nitrogens with one attached hydrogen (secondary N) is 2. The largest absolute Gasteiger partial charge is 0.368 e. The van der Waals surface area contributed by atoms with Gasteiger partial charge in [-0.1, -0.05) is 11.6 Å². The minimum absolute atomic E-state index is 0.466. The Morgan fingerprint density at radius 3 is 2.83 bits per heavy atom. The molecule has 96 valence electrons. The van der Waals surface area contributed by atoms with Crippen molar-refractivity contribution in [2.75, 3.05) is 11.9 Å². The third kappa shape index (κ3) is 2.98. The van der Waals surface area contributed by atoms with E-state index in [0.717, 1.165) is 42.2 Å². The van der Waals surface area contributed by atoms with Gasteiger partial charge < -0.3 is 10.3 Å². The molecular formula is C12H16ClN5. The monoisotopic (exact) mass is 265 g/mol. The number of hydrogen-bond acceptors (Lipinski definition) is 4. The van der Waals surface area contributed by atoms with Crippen LogP contribution >= 0.6 is 11.6 Å². The highest BCUT2D eigenvalue weighted by Crippen LogP contribution is 2.20. The minimum atomic E-state index is 0.466. The summed E-state index contributed by atoms with van der Waals surface area (Å²) >= 11 is 5.90.